The Morgan fingerprint density at radius 2 is 1.92 bits per heavy atom. The molecule has 0 atom stereocenters. The first-order valence-corrected chi connectivity index (χ1v) is 7.87. The molecular formula is C16H18N4O3S. The highest BCUT2D eigenvalue weighted by molar-refractivity contribution is 7.09. The summed E-state index contributed by atoms with van der Waals surface area (Å²) in [7, 11) is 1.58. The second-order valence-electron chi connectivity index (χ2n) is 5.36. The summed E-state index contributed by atoms with van der Waals surface area (Å²) in [5.41, 5.74) is 0.399. The van der Waals surface area contributed by atoms with E-state index < -0.39 is 5.60 Å². The van der Waals surface area contributed by atoms with E-state index in [-0.39, 0.29) is 11.8 Å². The van der Waals surface area contributed by atoms with Crippen LogP contribution >= 0.6 is 11.5 Å². The van der Waals surface area contributed by atoms with Gasteiger partial charge in [0.1, 0.15) is 5.60 Å². The third kappa shape index (κ3) is 4.24. The number of nitrogens with zero attached hydrogens (tertiary/aromatic N) is 2. The Labute approximate surface area is 143 Å². The topological polar surface area (TPSA) is 93.2 Å². The fraction of sp³-hybridized carbons (Fsp3) is 0.250. The number of carbonyl (C=O) groups is 2. The molecule has 0 bridgehead atoms. The molecule has 126 valence electrons. The van der Waals surface area contributed by atoms with Crippen LogP contribution in [0.1, 0.15) is 30.0 Å². The standard InChI is InChI=1S/C16H18N4O3S/c1-5-12(21)17-11-8-6-10(7-9-11)13(22)18-15-19-14(20-24-15)16(2,3)23-4/h5-9H,1H2,2-4H3,(H,17,21)(H,18,19,20,22). The molecular weight excluding hydrogens is 328 g/mol. The first-order chi connectivity index (χ1) is 11.4. The zero-order valence-corrected chi connectivity index (χ0v) is 14.4. The quantitative estimate of drug-likeness (QED) is 0.785. The van der Waals surface area contributed by atoms with Gasteiger partial charge in [-0.1, -0.05) is 6.58 Å². The van der Waals surface area contributed by atoms with Crippen LogP contribution in [0.25, 0.3) is 0 Å². The lowest BCUT2D eigenvalue weighted by Crippen LogP contribution is -2.21. The lowest BCUT2D eigenvalue weighted by molar-refractivity contribution is -0.111. The Balaban J connectivity index is 2.05. The van der Waals surface area contributed by atoms with Crippen LogP contribution in [0, 0.1) is 0 Å². The van der Waals surface area contributed by atoms with Crippen molar-refractivity contribution in [2.24, 2.45) is 0 Å². The van der Waals surface area contributed by atoms with Crippen molar-refractivity contribution < 1.29 is 14.3 Å². The number of hydrogen-bond donors (Lipinski definition) is 2. The number of hydrogen-bond acceptors (Lipinski definition) is 6. The van der Waals surface area contributed by atoms with Gasteiger partial charge in [0.2, 0.25) is 11.0 Å². The van der Waals surface area contributed by atoms with Gasteiger partial charge in [-0.3, -0.25) is 14.9 Å². The molecule has 8 heteroatoms. The highest BCUT2D eigenvalue weighted by Gasteiger charge is 2.25. The number of nitrogens with one attached hydrogen (secondary N) is 2. The van der Waals surface area contributed by atoms with Gasteiger partial charge in [0.05, 0.1) is 0 Å². The van der Waals surface area contributed by atoms with Crippen LogP contribution in [-0.4, -0.2) is 28.3 Å². The van der Waals surface area contributed by atoms with Crippen LogP contribution in [0.2, 0.25) is 0 Å². The van der Waals surface area contributed by atoms with Crippen LogP contribution in [0.3, 0.4) is 0 Å². The van der Waals surface area contributed by atoms with Crippen LogP contribution in [-0.2, 0) is 15.1 Å². The van der Waals surface area contributed by atoms with E-state index in [0.717, 1.165) is 11.5 Å². The molecule has 1 aromatic heterocycles. The summed E-state index contributed by atoms with van der Waals surface area (Å²) >= 11 is 1.09. The minimum atomic E-state index is -0.621. The number of methoxy groups -OCH3 is 1. The number of benzene rings is 1. The van der Waals surface area contributed by atoms with Crippen molar-refractivity contribution in [3.05, 3.63) is 48.3 Å². The molecule has 1 heterocycles. The molecule has 0 saturated heterocycles. The van der Waals surface area contributed by atoms with Gasteiger partial charge in [-0.05, 0) is 44.2 Å². The van der Waals surface area contributed by atoms with Crippen molar-refractivity contribution in [2.45, 2.75) is 19.4 Å². The summed E-state index contributed by atoms with van der Waals surface area (Å²) in [5.74, 6) is -0.114. The van der Waals surface area contributed by atoms with E-state index >= 15 is 0 Å². The van der Waals surface area contributed by atoms with E-state index in [9.17, 15) is 9.59 Å². The highest BCUT2D eigenvalue weighted by atomic mass is 32.1. The Morgan fingerprint density at radius 3 is 2.50 bits per heavy atom. The normalized spacial score (nSPS) is 11.0. The van der Waals surface area contributed by atoms with E-state index in [0.29, 0.717) is 22.2 Å². The molecule has 0 aliphatic rings. The van der Waals surface area contributed by atoms with Crippen molar-refractivity contribution >= 4 is 34.2 Å². The highest BCUT2D eigenvalue weighted by Crippen LogP contribution is 2.24. The number of amides is 2. The average molecular weight is 346 g/mol. The fourth-order valence-electron chi connectivity index (χ4n) is 1.68. The van der Waals surface area contributed by atoms with Crippen molar-refractivity contribution in [3.8, 4) is 0 Å². The Morgan fingerprint density at radius 1 is 1.25 bits per heavy atom. The molecule has 0 aliphatic heterocycles. The van der Waals surface area contributed by atoms with Crippen LogP contribution in [0.15, 0.2) is 36.9 Å². The Hall–Kier alpha value is -2.58. The number of aromatic nitrogens is 2. The molecule has 2 amide bonds. The third-order valence-electron chi connectivity index (χ3n) is 3.30. The summed E-state index contributed by atoms with van der Waals surface area (Å²) in [5, 5.41) is 5.70. The molecule has 2 rings (SSSR count). The lowest BCUT2D eigenvalue weighted by Gasteiger charge is -2.18. The average Bonchev–Trinajstić information content (AvgIpc) is 3.04. The maximum absolute atomic E-state index is 12.2. The molecule has 0 unspecified atom stereocenters. The van der Waals surface area contributed by atoms with Crippen LogP contribution in [0.5, 0.6) is 0 Å². The second-order valence-corrected chi connectivity index (χ2v) is 6.11. The number of rotatable bonds is 6. The van der Waals surface area contributed by atoms with E-state index in [4.69, 9.17) is 4.74 Å². The largest absolute Gasteiger partial charge is 0.371 e. The second kappa shape index (κ2) is 7.33. The van der Waals surface area contributed by atoms with Crippen molar-refractivity contribution in [1.29, 1.82) is 0 Å². The van der Waals surface area contributed by atoms with Gasteiger partial charge in [-0.15, -0.1) is 0 Å². The van der Waals surface area contributed by atoms with E-state index in [1.54, 1.807) is 31.4 Å². The summed E-state index contributed by atoms with van der Waals surface area (Å²) in [6.45, 7) is 7.07. The number of anilines is 2. The van der Waals surface area contributed by atoms with Crippen molar-refractivity contribution in [1.82, 2.24) is 9.36 Å². The molecule has 7 nitrogen and oxygen atoms in total. The van der Waals surface area contributed by atoms with Gasteiger partial charge in [0, 0.05) is 29.9 Å². The molecule has 24 heavy (non-hydrogen) atoms. The Kier molecular flexibility index (Phi) is 5.42. The van der Waals surface area contributed by atoms with Gasteiger partial charge in [-0.2, -0.15) is 4.37 Å². The fourth-order valence-corrected chi connectivity index (χ4v) is 2.38. The van der Waals surface area contributed by atoms with Crippen LogP contribution < -0.4 is 10.6 Å². The molecule has 0 radical (unpaired) electrons. The van der Waals surface area contributed by atoms with Gasteiger partial charge >= 0.3 is 0 Å². The summed E-state index contributed by atoms with van der Waals surface area (Å²) in [4.78, 5) is 27.7. The Bertz CT molecular complexity index is 753. The number of carbonyl (C=O) groups excluding carboxylic acids is 2. The summed E-state index contributed by atoms with van der Waals surface area (Å²) < 4.78 is 9.50. The van der Waals surface area contributed by atoms with E-state index in [1.165, 1.54) is 6.08 Å². The van der Waals surface area contributed by atoms with Crippen LogP contribution in [0.4, 0.5) is 10.8 Å². The number of ether oxygens (including phenoxy) is 1. The van der Waals surface area contributed by atoms with Gasteiger partial charge in [0.15, 0.2) is 5.82 Å². The first-order valence-electron chi connectivity index (χ1n) is 7.10. The minimum absolute atomic E-state index is 0.311. The zero-order chi connectivity index (χ0) is 17.7. The zero-order valence-electron chi connectivity index (χ0n) is 13.6. The maximum Gasteiger partial charge on any atom is 0.257 e. The molecule has 1 aromatic carbocycles. The predicted octanol–water partition coefficient (Wildman–Crippen LogP) is 2.80. The summed E-state index contributed by atoms with van der Waals surface area (Å²) in [6.07, 6.45) is 1.18. The molecule has 0 aliphatic carbocycles. The maximum atomic E-state index is 12.2. The van der Waals surface area contributed by atoms with Gasteiger partial charge in [0.25, 0.3) is 5.91 Å². The lowest BCUT2D eigenvalue weighted by atomic mass is 10.1. The van der Waals surface area contributed by atoms with E-state index in [1.807, 2.05) is 13.8 Å². The smallest absolute Gasteiger partial charge is 0.257 e. The van der Waals surface area contributed by atoms with Crippen molar-refractivity contribution in [3.63, 3.8) is 0 Å². The molecule has 0 saturated carbocycles. The molecule has 0 spiro atoms. The minimum Gasteiger partial charge on any atom is -0.371 e. The molecule has 2 aromatic rings. The van der Waals surface area contributed by atoms with Gasteiger partial charge < -0.3 is 10.1 Å². The molecule has 0 fully saturated rings. The van der Waals surface area contributed by atoms with Gasteiger partial charge in [-0.25, -0.2) is 4.98 Å². The SMILES string of the molecule is C=CC(=O)Nc1ccc(C(=O)Nc2nc(C(C)(C)OC)ns2)cc1. The van der Waals surface area contributed by atoms with E-state index in [2.05, 4.69) is 26.6 Å². The molecule has 2 N–H and O–H groups in total. The predicted molar refractivity (Wildman–Crippen MR) is 93.2 cm³/mol. The summed E-state index contributed by atoms with van der Waals surface area (Å²) in [6, 6.07) is 6.48. The first kappa shape index (κ1) is 17.8. The third-order valence-corrected chi connectivity index (χ3v) is 3.93. The van der Waals surface area contributed by atoms with Crippen molar-refractivity contribution in [2.75, 3.05) is 17.7 Å². The monoisotopic (exact) mass is 346 g/mol.